The Labute approximate surface area is 104 Å². The maximum absolute atomic E-state index is 8.54. The van der Waals surface area contributed by atoms with Crippen LogP contribution in [0.4, 0.5) is 5.13 Å². The summed E-state index contributed by atoms with van der Waals surface area (Å²) in [5.74, 6) is 1.77. The Hall–Kier alpha value is -1.37. The van der Waals surface area contributed by atoms with Gasteiger partial charge in [-0.3, -0.25) is 0 Å². The van der Waals surface area contributed by atoms with Crippen LogP contribution in [0.3, 0.4) is 0 Å². The van der Waals surface area contributed by atoms with Gasteiger partial charge in [0.15, 0.2) is 0 Å². The lowest BCUT2D eigenvalue weighted by atomic mass is 10.2. The Morgan fingerprint density at radius 3 is 3.00 bits per heavy atom. The molecule has 0 aliphatic heterocycles. The molecule has 1 aliphatic rings. The molecule has 3 N–H and O–H groups in total. The topological polar surface area (TPSA) is 87.6 Å². The largest absolute Gasteiger partial charge is 0.409 e. The fourth-order valence-corrected chi connectivity index (χ4v) is 2.35. The fourth-order valence-electron chi connectivity index (χ4n) is 1.55. The summed E-state index contributed by atoms with van der Waals surface area (Å²) < 4.78 is 4.36. The van der Waals surface area contributed by atoms with Gasteiger partial charge in [0.2, 0.25) is 5.13 Å². The van der Waals surface area contributed by atoms with Crippen LogP contribution < -0.4 is 10.6 Å². The van der Waals surface area contributed by atoms with E-state index in [0.717, 1.165) is 11.0 Å². The second-order valence-corrected chi connectivity index (χ2v) is 5.20. The first-order valence-corrected chi connectivity index (χ1v) is 6.42. The third-order valence-corrected chi connectivity index (χ3v) is 3.79. The lowest BCUT2D eigenvalue weighted by molar-refractivity contribution is 0.316. The first-order chi connectivity index (χ1) is 8.11. The molecule has 6 nitrogen and oxygen atoms in total. The van der Waals surface area contributed by atoms with E-state index in [-0.39, 0.29) is 11.9 Å². The minimum atomic E-state index is 0.130. The highest BCUT2D eigenvalue weighted by Gasteiger charge is 2.28. The van der Waals surface area contributed by atoms with Crippen LogP contribution in [-0.2, 0) is 0 Å². The zero-order chi connectivity index (χ0) is 12.4. The first kappa shape index (κ1) is 12.1. The molecule has 0 bridgehead atoms. The number of hydrogen-bond donors (Lipinski definition) is 2. The number of anilines is 1. The molecule has 1 aromatic rings. The Morgan fingerprint density at radius 2 is 2.41 bits per heavy atom. The van der Waals surface area contributed by atoms with Crippen molar-refractivity contribution < 1.29 is 5.21 Å². The van der Waals surface area contributed by atoms with Crippen molar-refractivity contribution in [3.63, 3.8) is 0 Å². The van der Waals surface area contributed by atoms with E-state index in [4.69, 9.17) is 10.9 Å². The zero-order valence-corrected chi connectivity index (χ0v) is 10.8. The van der Waals surface area contributed by atoms with Crippen molar-refractivity contribution in [3.8, 4) is 0 Å². The Kier molecular flexibility index (Phi) is 3.46. The molecule has 1 aliphatic carbocycles. The summed E-state index contributed by atoms with van der Waals surface area (Å²) in [7, 11) is 1.95. The standard InChI is InChI=1S/C10H17N5OS/c1-6(5-8(11)13-16)15(2)10-12-9(14-17-10)7-3-4-7/h6-7,16H,3-5H2,1-2H3,(H2,11,13). The van der Waals surface area contributed by atoms with Crippen LogP contribution in [0.25, 0.3) is 0 Å². The zero-order valence-electron chi connectivity index (χ0n) is 10.00. The highest BCUT2D eigenvalue weighted by molar-refractivity contribution is 7.09. The third-order valence-electron chi connectivity index (χ3n) is 2.97. The van der Waals surface area contributed by atoms with E-state index < -0.39 is 0 Å². The highest BCUT2D eigenvalue weighted by Crippen LogP contribution is 2.39. The smallest absolute Gasteiger partial charge is 0.205 e. The van der Waals surface area contributed by atoms with Gasteiger partial charge in [-0.25, -0.2) is 4.98 Å². The van der Waals surface area contributed by atoms with Gasteiger partial charge in [-0.05, 0) is 19.8 Å². The average molecular weight is 255 g/mol. The van der Waals surface area contributed by atoms with Crippen molar-refractivity contribution in [2.45, 2.75) is 38.1 Å². The maximum Gasteiger partial charge on any atom is 0.205 e. The van der Waals surface area contributed by atoms with Crippen molar-refractivity contribution in [1.29, 1.82) is 0 Å². The summed E-state index contributed by atoms with van der Waals surface area (Å²) in [6, 6.07) is 0.130. The maximum atomic E-state index is 8.54. The molecule has 94 valence electrons. The molecule has 1 heterocycles. The second-order valence-electron chi connectivity index (χ2n) is 4.46. The van der Waals surface area contributed by atoms with E-state index in [2.05, 4.69) is 14.5 Å². The van der Waals surface area contributed by atoms with E-state index in [1.165, 1.54) is 24.4 Å². The molecule has 17 heavy (non-hydrogen) atoms. The van der Waals surface area contributed by atoms with Crippen LogP contribution in [0, 0.1) is 0 Å². The van der Waals surface area contributed by atoms with Crippen LogP contribution in [0.5, 0.6) is 0 Å². The first-order valence-electron chi connectivity index (χ1n) is 5.64. The van der Waals surface area contributed by atoms with Gasteiger partial charge in [-0.2, -0.15) is 4.37 Å². The summed E-state index contributed by atoms with van der Waals surface area (Å²) in [4.78, 5) is 6.53. The molecule has 1 saturated carbocycles. The van der Waals surface area contributed by atoms with Crippen molar-refractivity contribution in [2.24, 2.45) is 10.9 Å². The van der Waals surface area contributed by atoms with Crippen LogP contribution in [-0.4, -0.2) is 33.5 Å². The Bertz CT molecular complexity index is 415. The summed E-state index contributed by atoms with van der Waals surface area (Å²) in [6.07, 6.45) is 2.92. The van der Waals surface area contributed by atoms with E-state index in [1.807, 2.05) is 18.9 Å². The van der Waals surface area contributed by atoms with Crippen molar-refractivity contribution in [1.82, 2.24) is 9.36 Å². The molecule has 0 amide bonds. The second kappa shape index (κ2) is 4.87. The fraction of sp³-hybridized carbons (Fsp3) is 0.700. The monoisotopic (exact) mass is 255 g/mol. The molecule has 1 aromatic heterocycles. The minimum Gasteiger partial charge on any atom is -0.409 e. The highest BCUT2D eigenvalue weighted by atomic mass is 32.1. The van der Waals surface area contributed by atoms with Crippen LogP contribution in [0.15, 0.2) is 5.16 Å². The molecule has 1 atom stereocenters. The van der Waals surface area contributed by atoms with Gasteiger partial charge >= 0.3 is 0 Å². The summed E-state index contributed by atoms with van der Waals surface area (Å²) in [6.45, 7) is 2.01. The van der Waals surface area contributed by atoms with E-state index in [1.54, 1.807) is 0 Å². The van der Waals surface area contributed by atoms with Gasteiger partial charge in [-0.1, -0.05) is 5.16 Å². The van der Waals surface area contributed by atoms with E-state index >= 15 is 0 Å². The van der Waals surface area contributed by atoms with Gasteiger partial charge in [0, 0.05) is 37.0 Å². The number of nitrogens with zero attached hydrogens (tertiary/aromatic N) is 4. The van der Waals surface area contributed by atoms with Crippen molar-refractivity contribution in [3.05, 3.63) is 5.82 Å². The molecule has 1 fully saturated rings. The van der Waals surface area contributed by atoms with E-state index in [0.29, 0.717) is 12.3 Å². The number of oxime groups is 1. The van der Waals surface area contributed by atoms with Crippen molar-refractivity contribution in [2.75, 3.05) is 11.9 Å². The SMILES string of the molecule is CC(CC(N)=NO)N(C)c1nc(C2CC2)ns1. The molecule has 0 spiro atoms. The van der Waals surface area contributed by atoms with Gasteiger partial charge in [-0.15, -0.1) is 0 Å². The quantitative estimate of drug-likeness (QED) is 0.359. The van der Waals surface area contributed by atoms with Crippen LogP contribution in [0.2, 0.25) is 0 Å². The Morgan fingerprint density at radius 1 is 1.71 bits per heavy atom. The van der Waals surface area contributed by atoms with Gasteiger partial charge in [0.25, 0.3) is 0 Å². The number of nitrogens with two attached hydrogens (primary N) is 1. The van der Waals surface area contributed by atoms with Gasteiger partial charge < -0.3 is 15.8 Å². The lowest BCUT2D eigenvalue weighted by Gasteiger charge is -2.23. The normalized spacial score (nSPS) is 18.1. The number of rotatable bonds is 5. The molecular weight excluding hydrogens is 238 g/mol. The molecule has 0 aromatic carbocycles. The molecular formula is C10H17N5OS. The van der Waals surface area contributed by atoms with E-state index in [9.17, 15) is 0 Å². The molecule has 2 rings (SSSR count). The van der Waals surface area contributed by atoms with Crippen LogP contribution >= 0.6 is 11.5 Å². The number of amidine groups is 1. The number of hydrogen-bond acceptors (Lipinski definition) is 6. The van der Waals surface area contributed by atoms with Gasteiger partial charge in [0.1, 0.15) is 11.7 Å². The molecule has 0 radical (unpaired) electrons. The average Bonchev–Trinajstić information content (AvgIpc) is 3.06. The third kappa shape index (κ3) is 2.85. The molecule has 7 heteroatoms. The predicted octanol–water partition coefficient (Wildman–Crippen LogP) is 1.38. The molecule has 0 saturated heterocycles. The predicted molar refractivity (Wildman–Crippen MR) is 67.8 cm³/mol. The molecule has 1 unspecified atom stereocenters. The minimum absolute atomic E-state index is 0.130. The number of aromatic nitrogens is 2. The summed E-state index contributed by atoms with van der Waals surface area (Å²) in [5, 5.41) is 12.4. The lowest BCUT2D eigenvalue weighted by Crippen LogP contribution is -2.33. The van der Waals surface area contributed by atoms with Gasteiger partial charge in [0.05, 0.1) is 0 Å². The van der Waals surface area contributed by atoms with Crippen molar-refractivity contribution >= 4 is 22.5 Å². The summed E-state index contributed by atoms with van der Waals surface area (Å²) in [5.41, 5.74) is 5.49. The van der Waals surface area contributed by atoms with Crippen LogP contribution in [0.1, 0.15) is 37.9 Å². The Balaban J connectivity index is 1.99. The summed E-state index contributed by atoms with van der Waals surface area (Å²) >= 11 is 1.41.